The molecule has 3 heterocycles. The van der Waals surface area contributed by atoms with Crippen molar-refractivity contribution in [2.24, 2.45) is 11.8 Å². The molecule has 0 aliphatic carbocycles. The van der Waals surface area contributed by atoms with Crippen LogP contribution in [0.25, 0.3) is 0 Å². The first kappa shape index (κ1) is 12.9. The second kappa shape index (κ2) is 4.60. The Morgan fingerprint density at radius 1 is 1.18 bits per heavy atom. The summed E-state index contributed by atoms with van der Waals surface area (Å²) in [5, 5.41) is 3.27. The van der Waals surface area contributed by atoms with Gasteiger partial charge in [0.25, 0.3) is 0 Å². The Balaban J connectivity index is 2.04. The van der Waals surface area contributed by atoms with Gasteiger partial charge >= 0.3 is 0 Å². The normalized spacial score (nSPS) is 36.6. The van der Waals surface area contributed by atoms with Gasteiger partial charge in [0.1, 0.15) is 0 Å². The maximum atomic E-state index is 11.8. The van der Waals surface area contributed by atoms with Crippen molar-refractivity contribution in [1.29, 1.82) is 0 Å². The number of carbonyl (C=O) groups is 1. The summed E-state index contributed by atoms with van der Waals surface area (Å²) in [7, 11) is 0. The van der Waals surface area contributed by atoms with Crippen LogP contribution in [-0.2, 0) is 4.79 Å². The summed E-state index contributed by atoms with van der Waals surface area (Å²) in [5.41, 5.74) is 0. The summed E-state index contributed by atoms with van der Waals surface area (Å²) >= 11 is 0. The molecule has 1 N–H and O–H groups in total. The lowest BCUT2D eigenvalue weighted by Gasteiger charge is -2.55. The Labute approximate surface area is 105 Å². The van der Waals surface area contributed by atoms with E-state index < -0.39 is 0 Å². The lowest BCUT2D eigenvalue weighted by atomic mass is 9.80. The van der Waals surface area contributed by atoms with E-state index in [4.69, 9.17) is 0 Å². The highest BCUT2D eigenvalue weighted by molar-refractivity contribution is 5.78. The first-order valence-electron chi connectivity index (χ1n) is 7.11. The van der Waals surface area contributed by atoms with Crippen LogP contribution in [0.1, 0.15) is 40.5 Å². The van der Waals surface area contributed by atoms with Crippen molar-refractivity contribution >= 4 is 5.91 Å². The fourth-order valence-electron chi connectivity index (χ4n) is 3.47. The average Bonchev–Trinajstić information content (AvgIpc) is 2.30. The highest BCUT2D eigenvalue weighted by Crippen LogP contribution is 2.35. The van der Waals surface area contributed by atoms with Crippen LogP contribution in [0.5, 0.6) is 0 Å². The van der Waals surface area contributed by atoms with Gasteiger partial charge in [-0.2, -0.15) is 0 Å². The van der Waals surface area contributed by atoms with Crippen molar-refractivity contribution in [1.82, 2.24) is 5.32 Å². The number of nitrogens with zero attached hydrogens (tertiary/aromatic N) is 1. The summed E-state index contributed by atoms with van der Waals surface area (Å²) in [6.07, 6.45) is 2.59. The van der Waals surface area contributed by atoms with Gasteiger partial charge in [-0.25, -0.2) is 0 Å². The molecule has 3 fully saturated rings. The Bertz CT molecular complexity index is 291. The van der Waals surface area contributed by atoms with Crippen molar-refractivity contribution in [3.8, 4) is 0 Å². The van der Waals surface area contributed by atoms with Crippen LogP contribution >= 0.6 is 0 Å². The molecule has 2 bridgehead atoms. The van der Waals surface area contributed by atoms with E-state index in [9.17, 15) is 4.79 Å². The third-order valence-corrected chi connectivity index (χ3v) is 4.97. The predicted octanol–water partition coefficient (Wildman–Crippen LogP) is 1.78. The highest BCUT2D eigenvalue weighted by atomic mass is 16.1. The van der Waals surface area contributed by atoms with E-state index in [0.29, 0.717) is 12.1 Å². The van der Waals surface area contributed by atoms with Gasteiger partial charge in [0.15, 0.2) is 0 Å². The summed E-state index contributed by atoms with van der Waals surface area (Å²) in [4.78, 5) is 11.8. The van der Waals surface area contributed by atoms with E-state index >= 15 is 0 Å². The molecule has 1 atom stereocenters. The van der Waals surface area contributed by atoms with Crippen molar-refractivity contribution in [2.75, 3.05) is 19.6 Å². The fourth-order valence-corrected chi connectivity index (χ4v) is 3.47. The van der Waals surface area contributed by atoms with Gasteiger partial charge in [-0.05, 0) is 19.8 Å². The number of fused-ring (bicyclic) bond motifs is 3. The van der Waals surface area contributed by atoms with Crippen molar-refractivity contribution in [2.45, 2.75) is 52.6 Å². The van der Waals surface area contributed by atoms with Gasteiger partial charge in [-0.3, -0.25) is 4.79 Å². The monoisotopic (exact) mass is 239 g/mol. The minimum Gasteiger partial charge on any atom is -0.347 e. The lowest BCUT2D eigenvalue weighted by Crippen LogP contribution is -2.69. The maximum absolute atomic E-state index is 11.8. The van der Waals surface area contributed by atoms with Crippen molar-refractivity contribution < 1.29 is 9.28 Å². The summed E-state index contributed by atoms with van der Waals surface area (Å²) < 4.78 is 1.22. The van der Waals surface area contributed by atoms with Gasteiger partial charge in [0, 0.05) is 18.8 Å². The van der Waals surface area contributed by atoms with Crippen molar-refractivity contribution in [3.63, 3.8) is 0 Å². The third kappa shape index (κ3) is 2.35. The van der Waals surface area contributed by atoms with E-state index in [1.165, 1.54) is 30.4 Å². The third-order valence-electron chi connectivity index (χ3n) is 4.97. The Morgan fingerprint density at radius 2 is 1.76 bits per heavy atom. The molecular weight excluding hydrogens is 212 g/mol. The molecule has 3 heteroatoms. The predicted molar refractivity (Wildman–Crippen MR) is 69.5 cm³/mol. The number of hydrogen-bond acceptors (Lipinski definition) is 1. The quantitative estimate of drug-likeness (QED) is 0.747. The maximum Gasteiger partial charge on any atom is 0.222 e. The Kier molecular flexibility index (Phi) is 3.48. The molecule has 98 valence electrons. The van der Waals surface area contributed by atoms with E-state index in [1.54, 1.807) is 0 Å². The Morgan fingerprint density at radius 3 is 2.24 bits per heavy atom. The molecule has 1 unspecified atom stereocenters. The number of quaternary nitrogens is 1. The zero-order valence-electron chi connectivity index (χ0n) is 11.7. The molecule has 3 aliphatic heterocycles. The molecule has 0 aromatic carbocycles. The minimum atomic E-state index is 0.109. The zero-order chi connectivity index (χ0) is 12.6. The molecule has 0 aromatic heterocycles. The molecule has 3 aliphatic rings. The van der Waals surface area contributed by atoms with Gasteiger partial charge < -0.3 is 9.80 Å². The molecule has 0 spiro atoms. The van der Waals surface area contributed by atoms with Crippen LogP contribution in [0.3, 0.4) is 0 Å². The SMILES string of the molecule is CC(C)C(=O)NC1C[N+]2(C(C)C)CCC1CC2. The molecule has 3 rings (SSSR count). The molecule has 1 amide bonds. The van der Waals surface area contributed by atoms with Crippen LogP contribution in [-0.4, -0.2) is 42.1 Å². The molecular formula is C14H27N2O+. The number of hydrogen-bond donors (Lipinski definition) is 1. The summed E-state index contributed by atoms with van der Waals surface area (Å²) in [6.45, 7) is 12.4. The standard InChI is InChI=1S/C14H26N2O/c1-10(2)14(17)15-13-9-16(11(3)4)7-5-12(13)6-8-16/h10-13H,5-9H2,1-4H3/p+1. The van der Waals surface area contributed by atoms with Crippen LogP contribution in [0.4, 0.5) is 0 Å². The number of carbonyl (C=O) groups excluding carboxylic acids is 1. The average molecular weight is 239 g/mol. The first-order valence-corrected chi connectivity index (χ1v) is 7.11. The van der Waals surface area contributed by atoms with Crippen molar-refractivity contribution in [3.05, 3.63) is 0 Å². The molecule has 0 radical (unpaired) electrons. The second-order valence-electron chi connectivity index (χ2n) is 6.55. The fraction of sp³-hybridized carbons (Fsp3) is 0.929. The van der Waals surface area contributed by atoms with Gasteiger partial charge in [0.2, 0.25) is 5.91 Å². The zero-order valence-corrected chi connectivity index (χ0v) is 11.7. The smallest absolute Gasteiger partial charge is 0.222 e. The van der Waals surface area contributed by atoms with Crippen LogP contribution < -0.4 is 5.32 Å². The van der Waals surface area contributed by atoms with Gasteiger partial charge in [0.05, 0.1) is 31.7 Å². The number of amides is 1. The number of nitrogens with one attached hydrogen (secondary N) is 1. The number of piperidine rings is 3. The highest BCUT2D eigenvalue weighted by Gasteiger charge is 2.47. The number of rotatable bonds is 3. The topological polar surface area (TPSA) is 29.1 Å². The summed E-state index contributed by atoms with van der Waals surface area (Å²) in [5.74, 6) is 1.07. The molecule has 0 aromatic rings. The second-order valence-corrected chi connectivity index (χ2v) is 6.55. The molecule has 0 saturated carbocycles. The molecule has 17 heavy (non-hydrogen) atoms. The van der Waals surface area contributed by atoms with Gasteiger partial charge in [-0.1, -0.05) is 13.8 Å². The Hall–Kier alpha value is -0.570. The largest absolute Gasteiger partial charge is 0.347 e. The minimum absolute atomic E-state index is 0.109. The van der Waals surface area contributed by atoms with Crippen LogP contribution in [0, 0.1) is 11.8 Å². The van der Waals surface area contributed by atoms with Crippen LogP contribution in [0.15, 0.2) is 0 Å². The van der Waals surface area contributed by atoms with E-state index in [2.05, 4.69) is 19.2 Å². The lowest BCUT2D eigenvalue weighted by molar-refractivity contribution is -0.962. The first-order chi connectivity index (χ1) is 7.94. The summed E-state index contributed by atoms with van der Waals surface area (Å²) in [6, 6.07) is 1.12. The van der Waals surface area contributed by atoms with Gasteiger partial charge in [-0.15, -0.1) is 0 Å². The molecule has 3 saturated heterocycles. The molecule has 3 nitrogen and oxygen atoms in total. The van der Waals surface area contributed by atoms with E-state index in [0.717, 1.165) is 12.5 Å². The van der Waals surface area contributed by atoms with E-state index in [1.807, 2.05) is 13.8 Å². The van der Waals surface area contributed by atoms with E-state index in [-0.39, 0.29) is 11.8 Å². The van der Waals surface area contributed by atoms with Crippen LogP contribution in [0.2, 0.25) is 0 Å².